The zero-order valence-corrected chi connectivity index (χ0v) is 19.7. The summed E-state index contributed by atoms with van der Waals surface area (Å²) in [6, 6.07) is 7.87. The zero-order chi connectivity index (χ0) is 24.8. The number of rotatable bonds is 6. The van der Waals surface area contributed by atoms with E-state index in [9.17, 15) is 22.0 Å². The standard InChI is InChI=1S/C23H24F2N4O5S/c1-23(12-35(31,32)13-23)27-21(30)15-9-18-19(14-5-7-33-8-6-14)28-29(20(18)26-11-15)16-3-2-4-17(10-16)34-22(24)25/h2-4,9-11,14,22H,5-8,12-13H2,1H3,(H,27,30). The molecule has 35 heavy (non-hydrogen) atoms. The van der Waals surface area contributed by atoms with Crippen LogP contribution in [0.5, 0.6) is 5.75 Å². The van der Waals surface area contributed by atoms with Crippen LogP contribution >= 0.6 is 0 Å². The van der Waals surface area contributed by atoms with Crippen molar-refractivity contribution in [1.82, 2.24) is 20.1 Å². The lowest BCUT2D eigenvalue weighted by molar-refractivity contribution is -0.0498. The van der Waals surface area contributed by atoms with E-state index in [4.69, 9.17) is 9.84 Å². The number of alkyl halides is 2. The number of amides is 1. The molecular formula is C23H24F2N4O5S. The van der Waals surface area contributed by atoms with Crippen molar-refractivity contribution in [2.75, 3.05) is 24.7 Å². The third kappa shape index (κ3) is 4.85. The lowest BCUT2D eigenvalue weighted by Gasteiger charge is -2.38. The Balaban J connectivity index is 1.54. The fraction of sp³-hybridized carbons (Fsp3) is 0.435. The molecular weight excluding hydrogens is 482 g/mol. The van der Waals surface area contributed by atoms with Gasteiger partial charge < -0.3 is 14.8 Å². The van der Waals surface area contributed by atoms with Crippen LogP contribution in [0, 0.1) is 0 Å². The number of pyridine rings is 1. The molecule has 0 atom stereocenters. The molecule has 9 nitrogen and oxygen atoms in total. The fourth-order valence-electron chi connectivity index (χ4n) is 4.74. The molecule has 1 N–H and O–H groups in total. The first-order valence-corrected chi connectivity index (χ1v) is 13.0. The molecule has 2 aliphatic rings. The summed E-state index contributed by atoms with van der Waals surface area (Å²) < 4.78 is 60.2. The van der Waals surface area contributed by atoms with Crippen molar-refractivity contribution in [3.8, 4) is 11.4 Å². The molecule has 0 radical (unpaired) electrons. The first-order chi connectivity index (χ1) is 16.6. The van der Waals surface area contributed by atoms with E-state index in [1.54, 1.807) is 29.8 Å². The molecule has 0 bridgehead atoms. The van der Waals surface area contributed by atoms with Gasteiger partial charge in [0.2, 0.25) is 0 Å². The van der Waals surface area contributed by atoms with Gasteiger partial charge in [-0.25, -0.2) is 18.1 Å². The monoisotopic (exact) mass is 506 g/mol. The molecule has 0 unspecified atom stereocenters. The van der Waals surface area contributed by atoms with Gasteiger partial charge in [0.25, 0.3) is 5.91 Å². The zero-order valence-electron chi connectivity index (χ0n) is 18.9. The second-order valence-corrected chi connectivity index (χ2v) is 11.3. The maximum Gasteiger partial charge on any atom is 0.387 e. The van der Waals surface area contributed by atoms with Crippen LogP contribution < -0.4 is 10.1 Å². The van der Waals surface area contributed by atoms with Gasteiger partial charge in [0.05, 0.1) is 34.0 Å². The summed E-state index contributed by atoms with van der Waals surface area (Å²) in [5, 5.41) is 8.23. The fourth-order valence-corrected chi connectivity index (χ4v) is 6.74. The van der Waals surface area contributed by atoms with E-state index in [-0.39, 0.29) is 28.7 Å². The highest BCUT2D eigenvalue weighted by Gasteiger charge is 2.45. The lowest BCUT2D eigenvalue weighted by Crippen LogP contribution is -2.63. The highest BCUT2D eigenvalue weighted by atomic mass is 32.2. The predicted molar refractivity (Wildman–Crippen MR) is 123 cm³/mol. The smallest absolute Gasteiger partial charge is 0.387 e. The Morgan fingerprint density at radius 3 is 2.69 bits per heavy atom. The number of nitrogens with one attached hydrogen (secondary N) is 1. The van der Waals surface area contributed by atoms with Crippen LogP contribution in [0.2, 0.25) is 0 Å². The summed E-state index contributed by atoms with van der Waals surface area (Å²) in [6.45, 7) is -0.101. The average molecular weight is 507 g/mol. The van der Waals surface area contributed by atoms with Crippen LogP contribution in [0.15, 0.2) is 36.5 Å². The minimum absolute atomic E-state index is 0.00606. The van der Waals surface area contributed by atoms with E-state index in [1.807, 2.05) is 0 Å². The van der Waals surface area contributed by atoms with Crippen molar-refractivity contribution in [3.63, 3.8) is 0 Å². The number of carbonyl (C=O) groups excluding carboxylic acids is 1. The lowest BCUT2D eigenvalue weighted by atomic mass is 9.94. The van der Waals surface area contributed by atoms with E-state index in [0.29, 0.717) is 29.9 Å². The Kier molecular flexibility index (Phi) is 5.96. The first-order valence-electron chi connectivity index (χ1n) is 11.2. The molecule has 2 fully saturated rings. The van der Waals surface area contributed by atoms with E-state index < -0.39 is 27.9 Å². The van der Waals surface area contributed by atoms with E-state index in [2.05, 4.69) is 15.0 Å². The van der Waals surface area contributed by atoms with Gasteiger partial charge in [-0.05, 0) is 38.0 Å². The van der Waals surface area contributed by atoms with Crippen LogP contribution in [-0.2, 0) is 14.6 Å². The van der Waals surface area contributed by atoms with E-state index in [1.165, 1.54) is 18.3 Å². The van der Waals surface area contributed by atoms with Gasteiger partial charge >= 0.3 is 6.61 Å². The Labute approximate surface area is 200 Å². The van der Waals surface area contributed by atoms with Crippen LogP contribution in [0.3, 0.4) is 0 Å². The normalized spacial score (nSPS) is 19.4. The van der Waals surface area contributed by atoms with Crippen LogP contribution in [0.4, 0.5) is 8.78 Å². The number of halogens is 2. The second-order valence-electron chi connectivity index (χ2n) is 9.20. The molecule has 0 spiro atoms. The molecule has 1 aromatic carbocycles. The minimum atomic E-state index is -3.12. The molecule has 5 rings (SSSR count). The largest absolute Gasteiger partial charge is 0.435 e. The predicted octanol–water partition coefficient (Wildman–Crippen LogP) is 2.83. The van der Waals surface area contributed by atoms with Crippen molar-refractivity contribution >= 4 is 26.8 Å². The minimum Gasteiger partial charge on any atom is -0.435 e. The molecule has 2 aromatic heterocycles. The molecule has 3 aromatic rings. The second kappa shape index (κ2) is 8.83. The van der Waals surface area contributed by atoms with Gasteiger partial charge in [0.1, 0.15) is 5.75 Å². The Bertz CT molecular complexity index is 1370. The molecule has 1 amide bonds. The molecule has 2 saturated heterocycles. The van der Waals surface area contributed by atoms with E-state index in [0.717, 1.165) is 18.5 Å². The third-order valence-electron chi connectivity index (χ3n) is 6.20. The summed E-state index contributed by atoms with van der Waals surface area (Å²) in [5.74, 6) is -0.571. The van der Waals surface area contributed by atoms with Crippen LogP contribution in [0.1, 0.15) is 41.7 Å². The molecule has 0 aliphatic carbocycles. The number of aromatic nitrogens is 3. The number of nitrogens with zero attached hydrogens (tertiary/aromatic N) is 3. The Morgan fingerprint density at radius 2 is 2.00 bits per heavy atom. The average Bonchev–Trinajstić information content (AvgIpc) is 3.17. The van der Waals surface area contributed by atoms with Gasteiger partial charge in [-0.1, -0.05) is 6.07 Å². The van der Waals surface area contributed by atoms with Crippen molar-refractivity contribution in [3.05, 3.63) is 47.8 Å². The topological polar surface area (TPSA) is 112 Å². The van der Waals surface area contributed by atoms with Gasteiger partial charge in [-0.3, -0.25) is 4.79 Å². The summed E-state index contributed by atoms with van der Waals surface area (Å²) >= 11 is 0. The number of fused-ring (bicyclic) bond motifs is 1. The highest BCUT2D eigenvalue weighted by molar-refractivity contribution is 7.93. The van der Waals surface area contributed by atoms with Crippen molar-refractivity contribution in [1.29, 1.82) is 0 Å². The summed E-state index contributed by atoms with van der Waals surface area (Å²) in [5.41, 5.74) is 1.16. The SMILES string of the molecule is CC1(NC(=O)c2cnc3c(c2)c(C2CCOCC2)nn3-c2cccc(OC(F)F)c2)CS(=O)(=O)C1. The molecule has 2 aliphatic heterocycles. The third-order valence-corrected chi connectivity index (χ3v) is 8.35. The summed E-state index contributed by atoms with van der Waals surface area (Å²) in [4.78, 5) is 17.4. The maximum atomic E-state index is 12.9. The Hall–Kier alpha value is -3.12. The quantitative estimate of drug-likeness (QED) is 0.547. The van der Waals surface area contributed by atoms with Crippen LogP contribution in [0.25, 0.3) is 16.7 Å². The molecule has 4 heterocycles. The molecule has 0 saturated carbocycles. The van der Waals surface area contributed by atoms with Crippen molar-refractivity contribution < 1.29 is 31.5 Å². The van der Waals surface area contributed by atoms with Gasteiger partial charge in [0.15, 0.2) is 15.5 Å². The van der Waals surface area contributed by atoms with Gasteiger partial charge in [-0.15, -0.1) is 0 Å². The number of sulfone groups is 1. The number of ether oxygens (including phenoxy) is 2. The van der Waals surface area contributed by atoms with Crippen LogP contribution in [-0.4, -0.2) is 66.0 Å². The summed E-state index contributed by atoms with van der Waals surface area (Å²) in [7, 11) is -3.12. The van der Waals surface area contributed by atoms with E-state index >= 15 is 0 Å². The van der Waals surface area contributed by atoms with Gasteiger partial charge in [-0.2, -0.15) is 13.9 Å². The molecule has 186 valence electrons. The first kappa shape index (κ1) is 23.6. The number of carbonyl (C=O) groups is 1. The van der Waals surface area contributed by atoms with Crippen molar-refractivity contribution in [2.24, 2.45) is 0 Å². The Morgan fingerprint density at radius 1 is 1.26 bits per heavy atom. The number of hydrogen-bond acceptors (Lipinski definition) is 7. The maximum absolute atomic E-state index is 12.9. The molecule has 12 heteroatoms. The van der Waals surface area contributed by atoms with Crippen molar-refractivity contribution in [2.45, 2.75) is 37.8 Å². The highest BCUT2D eigenvalue weighted by Crippen LogP contribution is 2.33. The number of hydrogen-bond donors (Lipinski definition) is 1. The van der Waals surface area contributed by atoms with Gasteiger partial charge in [0, 0.05) is 36.8 Å². The number of benzene rings is 1. The summed E-state index contributed by atoms with van der Waals surface area (Å²) in [6.07, 6.45) is 2.89.